The van der Waals surface area contributed by atoms with Crippen LogP contribution in [0.4, 0.5) is 4.39 Å². The van der Waals surface area contributed by atoms with Crippen LogP contribution in [0.2, 0.25) is 0 Å². The van der Waals surface area contributed by atoms with E-state index in [1.165, 1.54) is 6.07 Å². The van der Waals surface area contributed by atoms with Crippen LogP contribution in [0.5, 0.6) is 0 Å². The van der Waals surface area contributed by atoms with Gasteiger partial charge >= 0.3 is 0 Å². The summed E-state index contributed by atoms with van der Waals surface area (Å²) in [6, 6.07) is 14.4. The van der Waals surface area contributed by atoms with E-state index >= 15 is 0 Å². The smallest absolute Gasteiger partial charge is 0.131 e. The first kappa shape index (κ1) is 13.7. The van der Waals surface area contributed by atoms with Gasteiger partial charge in [0.05, 0.1) is 0 Å². The average molecular weight is 252 g/mol. The Morgan fingerprint density at radius 1 is 1.00 bits per heavy atom. The Bertz CT molecular complexity index is 480. The maximum absolute atomic E-state index is 13.5. The highest BCUT2D eigenvalue weighted by Crippen LogP contribution is 2.23. The molecule has 0 heterocycles. The molecule has 0 aliphatic heterocycles. The van der Waals surface area contributed by atoms with E-state index in [0.717, 1.165) is 11.1 Å². The molecule has 2 aromatic carbocycles. The van der Waals surface area contributed by atoms with Crippen LogP contribution in [-0.4, -0.2) is 0 Å². The summed E-state index contributed by atoms with van der Waals surface area (Å²) in [4.78, 5) is 0. The first-order chi connectivity index (χ1) is 7.68. The Balaban J connectivity index is 0.00000144. The Morgan fingerprint density at radius 2 is 1.59 bits per heavy atom. The number of hydrogen-bond donors (Lipinski definition) is 1. The van der Waals surface area contributed by atoms with E-state index in [-0.39, 0.29) is 24.3 Å². The number of benzene rings is 2. The van der Waals surface area contributed by atoms with Gasteiger partial charge in [0.2, 0.25) is 0 Å². The Kier molecular flexibility index (Phi) is 4.67. The summed E-state index contributed by atoms with van der Waals surface area (Å²) < 4.78 is 13.5. The predicted molar refractivity (Wildman–Crippen MR) is 71.7 cm³/mol. The molecule has 0 saturated heterocycles. The van der Waals surface area contributed by atoms with Crippen LogP contribution in [0.25, 0.3) is 11.1 Å². The van der Waals surface area contributed by atoms with Crippen molar-refractivity contribution in [1.82, 2.24) is 0 Å². The molecule has 0 saturated carbocycles. The Morgan fingerprint density at radius 3 is 2.12 bits per heavy atom. The van der Waals surface area contributed by atoms with E-state index in [0.29, 0.717) is 5.56 Å². The lowest BCUT2D eigenvalue weighted by atomic mass is 10.0. The molecule has 0 aromatic heterocycles. The molecule has 3 heteroatoms. The average Bonchev–Trinajstić information content (AvgIpc) is 2.30. The lowest BCUT2D eigenvalue weighted by molar-refractivity contribution is 0.631. The molecule has 17 heavy (non-hydrogen) atoms. The number of nitrogens with two attached hydrogens (primary N) is 1. The third-order valence-corrected chi connectivity index (χ3v) is 2.62. The molecule has 0 spiro atoms. The zero-order chi connectivity index (χ0) is 11.5. The molecule has 0 radical (unpaired) electrons. The fraction of sp³-hybridized carbons (Fsp3) is 0.143. The third-order valence-electron chi connectivity index (χ3n) is 2.62. The van der Waals surface area contributed by atoms with E-state index in [1.54, 1.807) is 12.1 Å². The fourth-order valence-corrected chi connectivity index (χ4v) is 1.66. The maximum Gasteiger partial charge on any atom is 0.131 e. The van der Waals surface area contributed by atoms with Gasteiger partial charge in [-0.2, -0.15) is 0 Å². The Hall–Kier alpha value is -1.38. The lowest BCUT2D eigenvalue weighted by Gasteiger charge is -2.07. The van der Waals surface area contributed by atoms with E-state index in [4.69, 9.17) is 5.73 Å². The van der Waals surface area contributed by atoms with Crippen LogP contribution in [0.3, 0.4) is 0 Å². The number of rotatable bonds is 2. The normalized spacial score (nSPS) is 11.7. The van der Waals surface area contributed by atoms with Crippen LogP contribution in [-0.2, 0) is 0 Å². The summed E-state index contributed by atoms with van der Waals surface area (Å²) in [5.41, 5.74) is 8.32. The predicted octanol–water partition coefficient (Wildman–Crippen LogP) is 3.93. The van der Waals surface area contributed by atoms with Gasteiger partial charge in [0.15, 0.2) is 0 Å². The second-order valence-electron chi connectivity index (χ2n) is 3.89. The quantitative estimate of drug-likeness (QED) is 0.860. The van der Waals surface area contributed by atoms with Gasteiger partial charge in [-0.1, -0.05) is 42.5 Å². The molecule has 2 rings (SSSR count). The SMILES string of the molecule is CC(N)c1ccc(-c2ccccc2F)cc1.Cl. The highest BCUT2D eigenvalue weighted by Gasteiger charge is 2.04. The van der Waals surface area contributed by atoms with Gasteiger partial charge < -0.3 is 5.73 Å². The van der Waals surface area contributed by atoms with Crippen molar-refractivity contribution in [2.24, 2.45) is 5.73 Å². The van der Waals surface area contributed by atoms with Gasteiger partial charge in [-0.15, -0.1) is 12.4 Å². The van der Waals surface area contributed by atoms with Crippen LogP contribution in [0, 0.1) is 5.82 Å². The molecule has 1 atom stereocenters. The van der Waals surface area contributed by atoms with Crippen molar-refractivity contribution in [1.29, 1.82) is 0 Å². The first-order valence-electron chi connectivity index (χ1n) is 5.29. The van der Waals surface area contributed by atoms with Crippen molar-refractivity contribution in [3.05, 3.63) is 59.9 Å². The fourth-order valence-electron chi connectivity index (χ4n) is 1.66. The first-order valence-corrected chi connectivity index (χ1v) is 5.29. The topological polar surface area (TPSA) is 26.0 Å². The lowest BCUT2D eigenvalue weighted by Crippen LogP contribution is -2.04. The summed E-state index contributed by atoms with van der Waals surface area (Å²) in [6.45, 7) is 1.93. The summed E-state index contributed by atoms with van der Waals surface area (Å²) in [5, 5.41) is 0. The third kappa shape index (κ3) is 3.05. The van der Waals surface area contributed by atoms with Gasteiger partial charge in [-0.05, 0) is 24.1 Å². The molecule has 2 aromatic rings. The van der Waals surface area contributed by atoms with Crippen LogP contribution >= 0.6 is 12.4 Å². The summed E-state index contributed by atoms with van der Waals surface area (Å²) in [5.74, 6) is -0.198. The molecular weight excluding hydrogens is 237 g/mol. The molecule has 1 unspecified atom stereocenters. The van der Waals surface area contributed by atoms with E-state index in [2.05, 4.69) is 0 Å². The van der Waals surface area contributed by atoms with Crippen LogP contribution in [0.1, 0.15) is 18.5 Å². The van der Waals surface area contributed by atoms with Crippen molar-refractivity contribution in [2.75, 3.05) is 0 Å². The van der Waals surface area contributed by atoms with Gasteiger partial charge in [-0.25, -0.2) is 4.39 Å². The van der Waals surface area contributed by atoms with Crippen LogP contribution < -0.4 is 5.73 Å². The highest BCUT2D eigenvalue weighted by atomic mass is 35.5. The zero-order valence-corrected chi connectivity index (χ0v) is 10.4. The minimum absolute atomic E-state index is 0. The van der Waals surface area contributed by atoms with Crippen molar-refractivity contribution in [3.8, 4) is 11.1 Å². The second kappa shape index (κ2) is 5.80. The van der Waals surface area contributed by atoms with Crippen molar-refractivity contribution in [3.63, 3.8) is 0 Å². The second-order valence-corrected chi connectivity index (χ2v) is 3.89. The summed E-state index contributed by atoms with van der Waals surface area (Å²) >= 11 is 0. The molecule has 0 amide bonds. The summed E-state index contributed by atoms with van der Waals surface area (Å²) in [6.07, 6.45) is 0. The van der Waals surface area contributed by atoms with Gasteiger partial charge in [-0.3, -0.25) is 0 Å². The van der Waals surface area contributed by atoms with Gasteiger partial charge in [0, 0.05) is 11.6 Å². The standard InChI is InChI=1S/C14H14FN.ClH/c1-10(16)11-6-8-12(9-7-11)13-4-2-3-5-14(13)15;/h2-10H,16H2,1H3;1H. The zero-order valence-electron chi connectivity index (χ0n) is 9.56. The van der Waals surface area contributed by atoms with E-state index < -0.39 is 0 Å². The van der Waals surface area contributed by atoms with E-state index in [9.17, 15) is 4.39 Å². The largest absolute Gasteiger partial charge is 0.324 e. The number of hydrogen-bond acceptors (Lipinski definition) is 1. The molecule has 0 aliphatic carbocycles. The molecule has 0 bridgehead atoms. The maximum atomic E-state index is 13.5. The van der Waals surface area contributed by atoms with Crippen molar-refractivity contribution >= 4 is 12.4 Å². The molecule has 0 fully saturated rings. The number of halogens is 2. The molecule has 0 aliphatic rings. The minimum Gasteiger partial charge on any atom is -0.324 e. The monoisotopic (exact) mass is 251 g/mol. The molecule has 90 valence electrons. The van der Waals surface area contributed by atoms with E-state index in [1.807, 2.05) is 37.3 Å². The van der Waals surface area contributed by atoms with Gasteiger partial charge in [0.1, 0.15) is 5.82 Å². The van der Waals surface area contributed by atoms with Gasteiger partial charge in [0.25, 0.3) is 0 Å². The Labute approximate surface area is 107 Å². The van der Waals surface area contributed by atoms with Crippen molar-refractivity contribution < 1.29 is 4.39 Å². The molecular formula is C14H15ClFN. The van der Waals surface area contributed by atoms with Crippen LogP contribution in [0.15, 0.2) is 48.5 Å². The van der Waals surface area contributed by atoms with Crippen molar-refractivity contribution in [2.45, 2.75) is 13.0 Å². The summed E-state index contributed by atoms with van der Waals surface area (Å²) in [7, 11) is 0. The minimum atomic E-state index is -0.198. The highest BCUT2D eigenvalue weighted by molar-refractivity contribution is 5.85. The molecule has 1 nitrogen and oxygen atoms in total. The molecule has 2 N–H and O–H groups in total.